The van der Waals surface area contributed by atoms with E-state index >= 15 is 0 Å². The zero-order valence-electron chi connectivity index (χ0n) is 8.10. The number of benzene rings is 1. The second kappa shape index (κ2) is 3.27. The lowest BCUT2D eigenvalue weighted by atomic mass is 10.1. The van der Waals surface area contributed by atoms with Gasteiger partial charge >= 0.3 is 0 Å². The highest BCUT2D eigenvalue weighted by molar-refractivity contribution is 7.71. The van der Waals surface area contributed by atoms with Gasteiger partial charge < -0.3 is 0 Å². The fraction of sp³-hybridized carbons (Fsp3) is 0.300. The van der Waals surface area contributed by atoms with Crippen LogP contribution in [0.3, 0.4) is 0 Å². The van der Waals surface area contributed by atoms with Crippen molar-refractivity contribution < 1.29 is 0 Å². The summed E-state index contributed by atoms with van der Waals surface area (Å²) in [6.07, 6.45) is 3.62. The van der Waals surface area contributed by atoms with Crippen LogP contribution in [0.25, 0.3) is 5.69 Å². The Balaban J connectivity index is 2.15. The number of rotatable bonds is 1. The molecule has 0 unspecified atom stereocenters. The van der Waals surface area contributed by atoms with Gasteiger partial charge in [-0.1, -0.05) is 16.4 Å². The van der Waals surface area contributed by atoms with Crippen LogP contribution in [-0.4, -0.2) is 20.2 Å². The van der Waals surface area contributed by atoms with E-state index in [4.69, 9.17) is 12.2 Å². The molecule has 1 heterocycles. The predicted molar refractivity (Wildman–Crippen MR) is 58.6 cm³/mol. The molecule has 2 aromatic rings. The maximum absolute atomic E-state index is 5.05. The van der Waals surface area contributed by atoms with Crippen LogP contribution in [0.4, 0.5) is 0 Å². The van der Waals surface area contributed by atoms with E-state index < -0.39 is 0 Å². The Morgan fingerprint density at radius 2 is 2.13 bits per heavy atom. The lowest BCUT2D eigenvalue weighted by Crippen LogP contribution is -1.98. The number of aromatic nitrogens is 4. The molecule has 0 bridgehead atoms. The minimum absolute atomic E-state index is 0.466. The fourth-order valence-corrected chi connectivity index (χ4v) is 2.25. The third-order valence-electron chi connectivity index (χ3n) is 2.81. The maximum atomic E-state index is 5.05. The second-order valence-electron chi connectivity index (χ2n) is 3.72. The molecule has 1 aromatic heterocycles. The quantitative estimate of drug-likeness (QED) is 0.743. The smallest absolute Gasteiger partial charge is 0.210 e. The van der Waals surface area contributed by atoms with E-state index in [0.29, 0.717) is 4.77 Å². The summed E-state index contributed by atoms with van der Waals surface area (Å²) in [6, 6.07) is 6.39. The highest BCUT2D eigenvalue weighted by Crippen LogP contribution is 2.23. The molecule has 76 valence electrons. The number of nitrogens with one attached hydrogen (secondary N) is 1. The number of aromatic amines is 1. The topological polar surface area (TPSA) is 46.5 Å². The van der Waals surface area contributed by atoms with Gasteiger partial charge in [-0.3, -0.25) is 0 Å². The van der Waals surface area contributed by atoms with E-state index in [2.05, 4.69) is 33.7 Å². The minimum Gasteiger partial charge on any atom is -0.210 e. The van der Waals surface area contributed by atoms with Crippen LogP contribution in [0, 0.1) is 4.77 Å². The summed E-state index contributed by atoms with van der Waals surface area (Å²) in [7, 11) is 0. The standard InChI is InChI=1S/C10H10N4S/c15-10-11-12-13-14(10)9-5-4-7-2-1-3-8(7)6-9/h4-6H,1-3H2,(H,11,13,15). The van der Waals surface area contributed by atoms with E-state index in [1.807, 2.05) is 0 Å². The van der Waals surface area contributed by atoms with Crippen molar-refractivity contribution in [2.75, 3.05) is 0 Å². The molecule has 5 heteroatoms. The van der Waals surface area contributed by atoms with Crippen molar-refractivity contribution in [3.05, 3.63) is 34.1 Å². The first kappa shape index (κ1) is 8.79. The molecule has 1 N–H and O–H groups in total. The summed E-state index contributed by atoms with van der Waals surface area (Å²) < 4.78 is 2.18. The molecule has 1 aromatic carbocycles. The molecule has 0 fully saturated rings. The minimum atomic E-state index is 0.466. The fourth-order valence-electron chi connectivity index (χ4n) is 2.06. The zero-order valence-corrected chi connectivity index (χ0v) is 8.92. The summed E-state index contributed by atoms with van der Waals surface area (Å²) >= 11 is 5.05. The van der Waals surface area contributed by atoms with Crippen LogP contribution < -0.4 is 0 Å². The van der Waals surface area contributed by atoms with Crippen molar-refractivity contribution >= 4 is 12.2 Å². The van der Waals surface area contributed by atoms with E-state index in [1.165, 1.54) is 24.0 Å². The third kappa shape index (κ3) is 1.39. The van der Waals surface area contributed by atoms with E-state index in [-0.39, 0.29) is 0 Å². The Bertz CT molecular complexity index is 555. The highest BCUT2D eigenvalue weighted by Gasteiger charge is 2.11. The van der Waals surface area contributed by atoms with Gasteiger partial charge in [0.1, 0.15) is 0 Å². The number of hydrogen-bond acceptors (Lipinski definition) is 3. The molecule has 0 aliphatic heterocycles. The van der Waals surface area contributed by atoms with Crippen molar-refractivity contribution in [3.63, 3.8) is 0 Å². The van der Waals surface area contributed by atoms with Crippen molar-refractivity contribution in [2.45, 2.75) is 19.3 Å². The van der Waals surface area contributed by atoms with Gasteiger partial charge in [-0.25, -0.2) is 4.68 Å². The molecule has 4 nitrogen and oxygen atoms in total. The molecule has 0 atom stereocenters. The lowest BCUT2D eigenvalue weighted by Gasteiger charge is -2.03. The van der Waals surface area contributed by atoms with Gasteiger partial charge in [0.25, 0.3) is 0 Å². The van der Waals surface area contributed by atoms with E-state index in [0.717, 1.165) is 12.1 Å². The second-order valence-corrected chi connectivity index (χ2v) is 4.09. The largest absolute Gasteiger partial charge is 0.242 e. The molecule has 0 radical (unpaired) electrons. The number of fused-ring (bicyclic) bond motifs is 1. The first-order valence-corrected chi connectivity index (χ1v) is 5.38. The van der Waals surface area contributed by atoms with Crippen molar-refractivity contribution in [2.24, 2.45) is 0 Å². The maximum Gasteiger partial charge on any atom is 0.242 e. The van der Waals surface area contributed by atoms with Gasteiger partial charge in [-0.15, -0.1) is 0 Å². The van der Waals surface area contributed by atoms with Gasteiger partial charge in [-0.05, 0) is 54.7 Å². The Morgan fingerprint density at radius 1 is 1.27 bits per heavy atom. The van der Waals surface area contributed by atoms with Gasteiger partial charge in [-0.2, -0.15) is 5.21 Å². The number of aryl methyl sites for hydroxylation is 2. The SMILES string of the molecule is S=c1nn[nH]n1-c1ccc2c(c1)CCC2. The molecule has 0 saturated heterocycles. The number of hydrogen-bond donors (Lipinski definition) is 1. The molecule has 3 rings (SSSR count). The van der Waals surface area contributed by atoms with Gasteiger partial charge in [0.05, 0.1) is 5.69 Å². The summed E-state index contributed by atoms with van der Waals surface area (Å²) in [5.41, 5.74) is 3.90. The summed E-state index contributed by atoms with van der Waals surface area (Å²) in [6.45, 7) is 0. The Hall–Kier alpha value is -1.49. The Labute approximate surface area is 91.9 Å². The number of H-pyrrole nitrogens is 1. The van der Waals surface area contributed by atoms with Gasteiger partial charge in [0, 0.05) is 0 Å². The molecule has 15 heavy (non-hydrogen) atoms. The first-order valence-electron chi connectivity index (χ1n) is 4.97. The Kier molecular flexibility index (Phi) is 1.92. The molecule has 0 spiro atoms. The normalized spacial score (nSPS) is 14.1. The van der Waals surface area contributed by atoms with Crippen molar-refractivity contribution in [3.8, 4) is 5.69 Å². The van der Waals surface area contributed by atoms with Gasteiger partial charge in [0.15, 0.2) is 0 Å². The van der Waals surface area contributed by atoms with E-state index in [9.17, 15) is 0 Å². The lowest BCUT2D eigenvalue weighted by molar-refractivity contribution is 0.785. The van der Waals surface area contributed by atoms with Crippen LogP contribution in [0.5, 0.6) is 0 Å². The van der Waals surface area contributed by atoms with Crippen molar-refractivity contribution in [1.82, 2.24) is 20.2 Å². The van der Waals surface area contributed by atoms with Crippen LogP contribution in [0.15, 0.2) is 18.2 Å². The zero-order chi connectivity index (χ0) is 10.3. The van der Waals surface area contributed by atoms with Crippen LogP contribution in [0.2, 0.25) is 0 Å². The Morgan fingerprint density at radius 3 is 2.93 bits per heavy atom. The van der Waals surface area contributed by atoms with Crippen LogP contribution >= 0.6 is 12.2 Å². The van der Waals surface area contributed by atoms with E-state index in [1.54, 1.807) is 4.68 Å². The molecular weight excluding hydrogens is 208 g/mol. The molecular formula is C10H10N4S. The molecule has 0 saturated carbocycles. The monoisotopic (exact) mass is 218 g/mol. The average Bonchev–Trinajstić information content (AvgIpc) is 2.84. The predicted octanol–water partition coefficient (Wildman–Crippen LogP) is 1.81. The number of nitrogens with zero attached hydrogens (tertiary/aromatic N) is 3. The third-order valence-corrected chi connectivity index (χ3v) is 3.08. The first-order chi connectivity index (χ1) is 7.34. The molecule has 0 amide bonds. The van der Waals surface area contributed by atoms with Crippen LogP contribution in [-0.2, 0) is 12.8 Å². The van der Waals surface area contributed by atoms with Gasteiger partial charge in [0.2, 0.25) is 4.77 Å². The number of tetrazole rings is 1. The molecule has 1 aliphatic rings. The summed E-state index contributed by atoms with van der Waals surface area (Å²) in [5, 5.41) is 10.2. The molecule has 1 aliphatic carbocycles. The average molecular weight is 218 g/mol. The van der Waals surface area contributed by atoms with Crippen molar-refractivity contribution in [1.29, 1.82) is 0 Å². The summed E-state index contributed by atoms with van der Waals surface area (Å²) in [5.74, 6) is 0. The summed E-state index contributed by atoms with van der Waals surface area (Å²) in [4.78, 5) is 0. The van der Waals surface area contributed by atoms with Crippen LogP contribution in [0.1, 0.15) is 17.5 Å². The highest BCUT2D eigenvalue weighted by atomic mass is 32.1.